The summed E-state index contributed by atoms with van der Waals surface area (Å²) in [4.78, 5) is 0. The van der Waals surface area contributed by atoms with Gasteiger partial charge in [0, 0.05) is 0 Å². The Kier molecular flexibility index (Phi) is 12.5. The normalized spacial score (nSPS) is 24.2. The Bertz CT molecular complexity index is 240. The molecule has 1 rings (SSSR count). The van der Waals surface area contributed by atoms with E-state index in [2.05, 4.69) is 0 Å². The lowest BCUT2D eigenvalue weighted by atomic mass is 10.0. The van der Waals surface area contributed by atoms with Crippen molar-refractivity contribution in [2.45, 2.75) is 109 Å². The summed E-state index contributed by atoms with van der Waals surface area (Å²) in [7, 11) is 0. The highest BCUT2D eigenvalue weighted by Crippen LogP contribution is 2.18. The van der Waals surface area contributed by atoms with Gasteiger partial charge < -0.3 is 4.55 Å². The van der Waals surface area contributed by atoms with E-state index in [0.29, 0.717) is 0 Å². The SMILES string of the molecule is O=S([O-])OC1CCCCCCCCCCCCCCCC1. The third-order valence-electron chi connectivity index (χ3n) is 4.52. The molecule has 0 aromatic carbocycles. The molecule has 0 aliphatic heterocycles. The van der Waals surface area contributed by atoms with Crippen LogP contribution in [0.15, 0.2) is 0 Å². The molecule has 1 saturated carbocycles. The quantitative estimate of drug-likeness (QED) is 0.639. The Hall–Kier alpha value is 0.0700. The largest absolute Gasteiger partial charge is 0.750 e. The third kappa shape index (κ3) is 12.3. The summed E-state index contributed by atoms with van der Waals surface area (Å²) in [6.45, 7) is 0. The van der Waals surface area contributed by atoms with Crippen molar-refractivity contribution in [2.24, 2.45) is 0 Å². The fourth-order valence-corrected chi connectivity index (χ4v) is 3.63. The molecular weight excluding hydrogens is 284 g/mol. The minimum absolute atomic E-state index is 0.0842. The van der Waals surface area contributed by atoms with E-state index in [0.717, 1.165) is 25.7 Å². The Morgan fingerprint density at radius 3 is 1.19 bits per heavy atom. The van der Waals surface area contributed by atoms with Crippen molar-refractivity contribution in [3.05, 3.63) is 0 Å². The average molecular weight is 318 g/mol. The molecule has 3 nitrogen and oxygen atoms in total. The second-order valence-electron chi connectivity index (χ2n) is 6.45. The van der Waals surface area contributed by atoms with E-state index < -0.39 is 11.4 Å². The van der Waals surface area contributed by atoms with Crippen molar-refractivity contribution in [2.75, 3.05) is 0 Å². The minimum Gasteiger partial charge on any atom is -0.750 e. The van der Waals surface area contributed by atoms with Crippen LogP contribution in [0.25, 0.3) is 0 Å². The fraction of sp³-hybridized carbons (Fsp3) is 1.00. The molecule has 126 valence electrons. The molecule has 1 unspecified atom stereocenters. The monoisotopic (exact) mass is 317 g/mol. The zero-order chi connectivity index (χ0) is 15.2. The molecule has 0 spiro atoms. The molecule has 0 amide bonds. The van der Waals surface area contributed by atoms with Crippen LogP contribution in [0.2, 0.25) is 0 Å². The average Bonchev–Trinajstić information content (AvgIpc) is 2.45. The second kappa shape index (κ2) is 13.7. The Labute approximate surface area is 133 Å². The van der Waals surface area contributed by atoms with Crippen LogP contribution in [-0.4, -0.2) is 14.9 Å². The van der Waals surface area contributed by atoms with Crippen LogP contribution in [-0.2, 0) is 15.5 Å². The first kappa shape index (κ1) is 19.1. The molecule has 0 aromatic rings. The van der Waals surface area contributed by atoms with E-state index in [4.69, 9.17) is 4.18 Å². The maximum absolute atomic E-state index is 10.7. The number of rotatable bonds is 2. The van der Waals surface area contributed by atoms with Crippen molar-refractivity contribution in [3.63, 3.8) is 0 Å². The molecule has 0 saturated heterocycles. The molecule has 1 aliphatic carbocycles. The minimum atomic E-state index is -2.36. The van der Waals surface area contributed by atoms with E-state index in [1.807, 2.05) is 0 Å². The van der Waals surface area contributed by atoms with Gasteiger partial charge in [-0.15, -0.1) is 0 Å². The van der Waals surface area contributed by atoms with Gasteiger partial charge in [-0.05, 0) is 12.8 Å². The van der Waals surface area contributed by atoms with Gasteiger partial charge in [0.15, 0.2) is 0 Å². The Morgan fingerprint density at radius 2 is 0.905 bits per heavy atom. The van der Waals surface area contributed by atoms with E-state index in [-0.39, 0.29) is 6.10 Å². The summed E-state index contributed by atoms with van der Waals surface area (Å²) in [5.74, 6) is 0. The molecule has 1 atom stereocenters. The predicted molar refractivity (Wildman–Crippen MR) is 87.7 cm³/mol. The smallest absolute Gasteiger partial charge is 0.0844 e. The van der Waals surface area contributed by atoms with E-state index >= 15 is 0 Å². The highest BCUT2D eigenvalue weighted by molar-refractivity contribution is 7.74. The van der Waals surface area contributed by atoms with Crippen LogP contribution in [0.4, 0.5) is 0 Å². The molecule has 0 aromatic heterocycles. The first-order chi connectivity index (χ1) is 10.3. The number of hydrogen-bond acceptors (Lipinski definition) is 3. The van der Waals surface area contributed by atoms with Crippen LogP contribution < -0.4 is 0 Å². The predicted octanol–water partition coefficient (Wildman–Crippen LogP) is 5.42. The Morgan fingerprint density at radius 1 is 0.619 bits per heavy atom. The highest BCUT2D eigenvalue weighted by Gasteiger charge is 2.09. The molecule has 21 heavy (non-hydrogen) atoms. The molecule has 0 N–H and O–H groups in total. The van der Waals surface area contributed by atoms with Gasteiger partial charge in [-0.1, -0.05) is 89.9 Å². The van der Waals surface area contributed by atoms with Crippen molar-refractivity contribution in [1.82, 2.24) is 0 Å². The zero-order valence-electron chi connectivity index (χ0n) is 13.5. The lowest BCUT2D eigenvalue weighted by molar-refractivity contribution is 0.173. The summed E-state index contributed by atoms with van der Waals surface area (Å²) in [6, 6.07) is 0. The van der Waals surface area contributed by atoms with Crippen molar-refractivity contribution >= 4 is 11.4 Å². The van der Waals surface area contributed by atoms with Crippen LogP contribution in [0.1, 0.15) is 103 Å². The van der Waals surface area contributed by atoms with Gasteiger partial charge in [-0.25, -0.2) is 4.21 Å². The lowest BCUT2D eigenvalue weighted by Gasteiger charge is -2.18. The van der Waals surface area contributed by atoms with Gasteiger partial charge in [0.05, 0.1) is 17.5 Å². The summed E-state index contributed by atoms with van der Waals surface area (Å²) in [6.07, 6.45) is 19.9. The molecule has 0 heterocycles. The maximum atomic E-state index is 10.7. The van der Waals surface area contributed by atoms with Crippen LogP contribution in [0.5, 0.6) is 0 Å². The van der Waals surface area contributed by atoms with E-state index in [1.165, 1.54) is 77.0 Å². The van der Waals surface area contributed by atoms with Gasteiger partial charge >= 0.3 is 0 Å². The second-order valence-corrected chi connectivity index (χ2v) is 7.05. The molecule has 0 radical (unpaired) electrons. The Balaban J connectivity index is 2.26. The molecule has 4 heteroatoms. The molecular formula is C17H33O3S-. The third-order valence-corrected chi connectivity index (χ3v) is 4.95. The van der Waals surface area contributed by atoms with Crippen molar-refractivity contribution in [1.29, 1.82) is 0 Å². The highest BCUT2D eigenvalue weighted by atomic mass is 32.2. The van der Waals surface area contributed by atoms with E-state index in [9.17, 15) is 8.76 Å². The van der Waals surface area contributed by atoms with Gasteiger partial charge in [0.25, 0.3) is 0 Å². The van der Waals surface area contributed by atoms with Gasteiger partial charge in [-0.3, -0.25) is 4.18 Å². The molecule has 1 fully saturated rings. The summed E-state index contributed by atoms with van der Waals surface area (Å²) >= 11 is -2.36. The lowest BCUT2D eigenvalue weighted by Crippen LogP contribution is -2.14. The standard InChI is InChI=1S/C17H34O3S/c18-21(19)20-17-15-13-11-9-7-5-3-1-2-4-6-8-10-12-14-16-17/h17H,1-16H2,(H,18,19)/p-1. The van der Waals surface area contributed by atoms with Crippen LogP contribution in [0.3, 0.4) is 0 Å². The number of hydrogen-bond donors (Lipinski definition) is 0. The summed E-state index contributed by atoms with van der Waals surface area (Å²) < 4.78 is 26.5. The van der Waals surface area contributed by atoms with Gasteiger partial charge in [0.2, 0.25) is 0 Å². The summed E-state index contributed by atoms with van der Waals surface area (Å²) in [5.41, 5.74) is 0. The van der Waals surface area contributed by atoms with Gasteiger partial charge in [0.1, 0.15) is 0 Å². The first-order valence-corrected chi connectivity index (χ1v) is 10.1. The van der Waals surface area contributed by atoms with E-state index in [1.54, 1.807) is 0 Å². The first-order valence-electron chi connectivity index (χ1n) is 9.05. The fourth-order valence-electron chi connectivity index (χ4n) is 3.22. The zero-order valence-corrected chi connectivity index (χ0v) is 14.3. The van der Waals surface area contributed by atoms with Crippen LogP contribution in [0, 0.1) is 0 Å². The maximum Gasteiger partial charge on any atom is 0.0844 e. The van der Waals surface area contributed by atoms with Crippen molar-refractivity contribution in [3.8, 4) is 0 Å². The topological polar surface area (TPSA) is 49.4 Å². The molecule has 1 aliphatic rings. The molecule has 0 bridgehead atoms. The van der Waals surface area contributed by atoms with Gasteiger partial charge in [-0.2, -0.15) is 0 Å². The van der Waals surface area contributed by atoms with Crippen molar-refractivity contribution < 1.29 is 12.9 Å². The summed E-state index contributed by atoms with van der Waals surface area (Å²) in [5, 5.41) is 0. The van der Waals surface area contributed by atoms with Crippen LogP contribution >= 0.6 is 0 Å².